The Balaban J connectivity index is 1.38. The Hall–Kier alpha value is -2.51. The molecule has 2 heterocycles. The number of hydrogen-bond donors (Lipinski definition) is 1. The number of amides is 1. The summed E-state index contributed by atoms with van der Waals surface area (Å²) >= 11 is 0. The fourth-order valence-electron chi connectivity index (χ4n) is 5.17. The molecule has 2 saturated heterocycles. The molecule has 178 valence electrons. The van der Waals surface area contributed by atoms with Gasteiger partial charge in [0.15, 0.2) is 11.6 Å². The molecule has 2 aliphatic rings. The van der Waals surface area contributed by atoms with Gasteiger partial charge in [0.25, 0.3) is 5.91 Å². The second kappa shape index (κ2) is 10.2. The number of nitrogens with zero attached hydrogens (tertiary/aromatic N) is 1. The molecule has 2 aromatic carbocycles. The van der Waals surface area contributed by atoms with Gasteiger partial charge in [0.1, 0.15) is 12.4 Å². The molecule has 5 nitrogen and oxygen atoms in total. The van der Waals surface area contributed by atoms with Crippen LogP contribution in [0.4, 0.5) is 8.78 Å². The number of carbonyl (C=O) groups is 1. The third-order valence-corrected chi connectivity index (χ3v) is 7.15. The standard InChI is InChI=1S/C26H32F2N2O3/c1-16-17(2)25(33-11-10-32-3)9-5-19(16)15-30-21-6-7-22(30)14-20(13-21)29-26(31)18-4-8-23(27)24(28)12-18/h4-5,8-9,12,20-22H,6-7,10-11,13-15H2,1-3H3,(H,29,31). The summed E-state index contributed by atoms with van der Waals surface area (Å²) in [6, 6.07) is 8.32. The average Bonchev–Trinajstić information content (AvgIpc) is 3.02. The van der Waals surface area contributed by atoms with E-state index in [1.54, 1.807) is 7.11 Å². The lowest BCUT2D eigenvalue weighted by Gasteiger charge is -2.39. The minimum absolute atomic E-state index is 0.0405. The van der Waals surface area contributed by atoms with E-state index in [1.807, 2.05) is 6.07 Å². The minimum Gasteiger partial charge on any atom is -0.491 e. The SMILES string of the molecule is COCCOc1ccc(CN2C3CCC2CC(NC(=O)c2ccc(F)c(F)c2)C3)c(C)c1C. The van der Waals surface area contributed by atoms with E-state index in [0.29, 0.717) is 25.3 Å². The van der Waals surface area contributed by atoms with Crippen molar-refractivity contribution in [2.75, 3.05) is 20.3 Å². The van der Waals surface area contributed by atoms with E-state index in [1.165, 1.54) is 17.2 Å². The molecule has 2 bridgehead atoms. The summed E-state index contributed by atoms with van der Waals surface area (Å²) in [5.41, 5.74) is 3.86. The zero-order valence-electron chi connectivity index (χ0n) is 19.5. The molecule has 0 saturated carbocycles. The number of rotatable bonds is 8. The van der Waals surface area contributed by atoms with Crippen molar-refractivity contribution < 1.29 is 23.0 Å². The van der Waals surface area contributed by atoms with Crippen molar-refractivity contribution in [3.8, 4) is 5.75 Å². The number of methoxy groups -OCH3 is 1. The van der Waals surface area contributed by atoms with E-state index in [4.69, 9.17) is 9.47 Å². The Bertz CT molecular complexity index is 999. The third-order valence-electron chi connectivity index (χ3n) is 7.15. The Morgan fingerprint density at radius 1 is 1.03 bits per heavy atom. The molecule has 0 radical (unpaired) electrons. The Morgan fingerprint density at radius 2 is 1.76 bits per heavy atom. The lowest BCUT2D eigenvalue weighted by molar-refractivity contribution is 0.0827. The molecular formula is C26H32F2N2O3. The fraction of sp³-hybridized carbons (Fsp3) is 0.500. The highest BCUT2D eigenvalue weighted by Gasteiger charge is 2.41. The van der Waals surface area contributed by atoms with Gasteiger partial charge in [-0.1, -0.05) is 6.07 Å². The number of carbonyl (C=O) groups excluding carboxylic acids is 1. The van der Waals surface area contributed by atoms with Crippen LogP contribution in [0, 0.1) is 25.5 Å². The highest BCUT2D eigenvalue weighted by atomic mass is 19.2. The van der Waals surface area contributed by atoms with Gasteiger partial charge in [0, 0.05) is 37.3 Å². The van der Waals surface area contributed by atoms with Crippen LogP contribution in [0.25, 0.3) is 0 Å². The lowest BCUT2D eigenvalue weighted by Crippen LogP contribution is -2.50. The van der Waals surface area contributed by atoms with Crippen molar-refractivity contribution in [2.24, 2.45) is 0 Å². The first-order chi connectivity index (χ1) is 15.9. The number of ether oxygens (including phenoxy) is 2. The summed E-state index contributed by atoms with van der Waals surface area (Å²) in [6.45, 7) is 6.21. The number of hydrogen-bond acceptors (Lipinski definition) is 4. The summed E-state index contributed by atoms with van der Waals surface area (Å²) in [7, 11) is 1.66. The van der Waals surface area contributed by atoms with Crippen LogP contribution in [0.15, 0.2) is 30.3 Å². The first-order valence-electron chi connectivity index (χ1n) is 11.6. The number of fused-ring (bicyclic) bond motifs is 2. The van der Waals surface area contributed by atoms with Crippen LogP contribution >= 0.6 is 0 Å². The Labute approximate surface area is 194 Å². The highest BCUT2D eigenvalue weighted by molar-refractivity contribution is 5.94. The van der Waals surface area contributed by atoms with Crippen molar-refractivity contribution in [1.82, 2.24) is 10.2 Å². The maximum atomic E-state index is 13.5. The average molecular weight is 459 g/mol. The quantitative estimate of drug-likeness (QED) is 0.591. The van der Waals surface area contributed by atoms with E-state index in [9.17, 15) is 13.6 Å². The lowest BCUT2D eigenvalue weighted by atomic mass is 9.94. The summed E-state index contributed by atoms with van der Waals surface area (Å²) in [5, 5.41) is 3.04. The van der Waals surface area contributed by atoms with Crippen LogP contribution in [-0.4, -0.2) is 49.3 Å². The van der Waals surface area contributed by atoms with Crippen molar-refractivity contribution in [1.29, 1.82) is 0 Å². The molecule has 2 fully saturated rings. The molecule has 33 heavy (non-hydrogen) atoms. The van der Waals surface area contributed by atoms with Gasteiger partial charge < -0.3 is 14.8 Å². The van der Waals surface area contributed by atoms with Gasteiger partial charge in [-0.15, -0.1) is 0 Å². The van der Waals surface area contributed by atoms with Crippen molar-refractivity contribution in [2.45, 2.75) is 64.2 Å². The van der Waals surface area contributed by atoms with Crippen LogP contribution in [0.1, 0.15) is 52.7 Å². The van der Waals surface area contributed by atoms with Crippen LogP contribution in [-0.2, 0) is 11.3 Å². The van der Waals surface area contributed by atoms with Gasteiger partial charge in [-0.2, -0.15) is 0 Å². The second-order valence-corrected chi connectivity index (χ2v) is 9.14. The maximum absolute atomic E-state index is 13.5. The summed E-state index contributed by atoms with van der Waals surface area (Å²) in [4.78, 5) is 15.1. The van der Waals surface area contributed by atoms with Crippen molar-refractivity contribution in [3.05, 3.63) is 64.2 Å². The number of piperidine rings is 1. The molecular weight excluding hydrogens is 426 g/mol. The zero-order chi connectivity index (χ0) is 23.5. The molecule has 0 aliphatic carbocycles. The van der Waals surface area contributed by atoms with Gasteiger partial charge in [-0.3, -0.25) is 9.69 Å². The summed E-state index contributed by atoms with van der Waals surface area (Å²) < 4.78 is 37.6. The first kappa shape index (κ1) is 23.6. The largest absolute Gasteiger partial charge is 0.491 e. The molecule has 1 amide bonds. The van der Waals surface area contributed by atoms with Gasteiger partial charge in [0.05, 0.1) is 6.61 Å². The first-order valence-corrected chi connectivity index (χ1v) is 11.6. The molecule has 7 heteroatoms. The van der Waals surface area contributed by atoms with Gasteiger partial charge >= 0.3 is 0 Å². The molecule has 2 atom stereocenters. The number of benzene rings is 2. The topological polar surface area (TPSA) is 50.8 Å². The van der Waals surface area contributed by atoms with Crippen LogP contribution in [0.3, 0.4) is 0 Å². The van der Waals surface area contributed by atoms with E-state index < -0.39 is 11.6 Å². The second-order valence-electron chi connectivity index (χ2n) is 9.14. The molecule has 2 aromatic rings. The highest BCUT2D eigenvalue weighted by Crippen LogP contribution is 2.38. The van der Waals surface area contributed by atoms with E-state index in [2.05, 4.69) is 30.1 Å². The normalized spacial score (nSPS) is 22.4. The van der Waals surface area contributed by atoms with E-state index in [0.717, 1.165) is 55.7 Å². The van der Waals surface area contributed by atoms with Crippen molar-refractivity contribution >= 4 is 5.91 Å². The Kier molecular flexibility index (Phi) is 7.29. The van der Waals surface area contributed by atoms with Crippen LogP contribution < -0.4 is 10.1 Å². The monoisotopic (exact) mass is 458 g/mol. The molecule has 2 aliphatic heterocycles. The summed E-state index contributed by atoms with van der Waals surface area (Å²) in [6.07, 6.45) is 3.95. The summed E-state index contributed by atoms with van der Waals surface area (Å²) in [5.74, 6) is -1.39. The van der Waals surface area contributed by atoms with Crippen molar-refractivity contribution in [3.63, 3.8) is 0 Å². The molecule has 2 unspecified atom stereocenters. The molecule has 1 N–H and O–H groups in total. The van der Waals surface area contributed by atoms with Gasteiger partial charge in [-0.25, -0.2) is 8.78 Å². The molecule has 0 spiro atoms. The molecule has 0 aromatic heterocycles. The smallest absolute Gasteiger partial charge is 0.251 e. The number of halogens is 2. The Morgan fingerprint density at radius 3 is 2.42 bits per heavy atom. The van der Waals surface area contributed by atoms with Gasteiger partial charge in [-0.05, 0) is 80.5 Å². The maximum Gasteiger partial charge on any atom is 0.251 e. The van der Waals surface area contributed by atoms with Crippen LogP contribution in [0.5, 0.6) is 5.75 Å². The third kappa shape index (κ3) is 5.20. The molecule has 4 rings (SSSR count). The predicted molar refractivity (Wildman–Crippen MR) is 122 cm³/mol. The zero-order valence-corrected chi connectivity index (χ0v) is 19.5. The minimum atomic E-state index is -1.00. The predicted octanol–water partition coefficient (Wildman–Crippen LogP) is 4.53. The van der Waals surface area contributed by atoms with E-state index in [-0.39, 0.29) is 17.5 Å². The van der Waals surface area contributed by atoms with Crippen LogP contribution in [0.2, 0.25) is 0 Å². The fourth-order valence-corrected chi connectivity index (χ4v) is 5.17. The van der Waals surface area contributed by atoms with Gasteiger partial charge in [0.2, 0.25) is 0 Å². The number of nitrogens with one attached hydrogen (secondary N) is 1. The van der Waals surface area contributed by atoms with E-state index >= 15 is 0 Å².